The topological polar surface area (TPSA) is 110 Å². The maximum atomic E-state index is 12.9. The predicted molar refractivity (Wildman–Crippen MR) is 145 cm³/mol. The Morgan fingerprint density at radius 2 is 1.86 bits per heavy atom. The molecule has 0 bridgehead atoms. The summed E-state index contributed by atoms with van der Waals surface area (Å²) in [6, 6.07) is 20.4. The van der Waals surface area contributed by atoms with Gasteiger partial charge >= 0.3 is 0 Å². The first kappa shape index (κ1) is 24.5. The van der Waals surface area contributed by atoms with Gasteiger partial charge < -0.3 is 16.2 Å². The third kappa shape index (κ3) is 4.91. The number of anilines is 1. The van der Waals surface area contributed by atoms with Crippen LogP contribution in [0.4, 0.5) is 5.69 Å². The summed E-state index contributed by atoms with van der Waals surface area (Å²) in [7, 11) is 0. The van der Waals surface area contributed by atoms with Crippen LogP contribution in [0.2, 0.25) is 5.02 Å². The lowest BCUT2D eigenvalue weighted by atomic mass is 9.88. The molecule has 0 radical (unpaired) electrons. The number of primary amides is 1. The Bertz CT molecular complexity index is 1520. The summed E-state index contributed by atoms with van der Waals surface area (Å²) in [6.07, 6.45) is 5.79. The van der Waals surface area contributed by atoms with Gasteiger partial charge in [0, 0.05) is 23.4 Å². The van der Waals surface area contributed by atoms with E-state index in [1.54, 1.807) is 28.9 Å². The fourth-order valence-electron chi connectivity index (χ4n) is 4.57. The van der Waals surface area contributed by atoms with Crippen LogP contribution in [0, 0.1) is 0 Å². The highest BCUT2D eigenvalue weighted by atomic mass is 35.5. The van der Waals surface area contributed by atoms with Crippen molar-refractivity contribution in [1.29, 1.82) is 0 Å². The summed E-state index contributed by atoms with van der Waals surface area (Å²) in [5.74, 6) is -0.886. The maximum Gasteiger partial charge on any atom is 0.269 e. The molecule has 5 rings (SSSR count). The van der Waals surface area contributed by atoms with E-state index in [2.05, 4.69) is 10.4 Å². The number of aromatic nitrogens is 2. The van der Waals surface area contributed by atoms with Gasteiger partial charge in [-0.15, -0.1) is 0 Å². The zero-order valence-electron chi connectivity index (χ0n) is 19.9. The quantitative estimate of drug-likeness (QED) is 0.322. The van der Waals surface area contributed by atoms with Gasteiger partial charge in [-0.1, -0.05) is 54.1 Å². The molecule has 0 aliphatic heterocycles. The molecule has 186 valence electrons. The zero-order chi connectivity index (χ0) is 25.9. The van der Waals surface area contributed by atoms with E-state index >= 15 is 0 Å². The van der Waals surface area contributed by atoms with E-state index in [1.807, 2.05) is 54.6 Å². The highest BCUT2D eigenvalue weighted by molar-refractivity contribution is 6.34. The van der Waals surface area contributed by atoms with Crippen LogP contribution in [0.25, 0.3) is 23.0 Å². The lowest BCUT2D eigenvalue weighted by molar-refractivity contribution is 0.0992. The Hall–Kier alpha value is -4.20. The second kappa shape index (κ2) is 10.4. The largest absolute Gasteiger partial charge is 0.396 e. The Morgan fingerprint density at radius 1 is 1.08 bits per heavy atom. The van der Waals surface area contributed by atoms with E-state index < -0.39 is 5.91 Å². The van der Waals surface area contributed by atoms with Crippen LogP contribution in [-0.4, -0.2) is 33.3 Å². The molecule has 1 aliphatic rings. The van der Waals surface area contributed by atoms with Crippen LogP contribution in [0.5, 0.6) is 0 Å². The van der Waals surface area contributed by atoms with Gasteiger partial charge in [0.15, 0.2) is 5.69 Å². The normalized spacial score (nSPS) is 12.3. The van der Waals surface area contributed by atoms with Crippen LogP contribution >= 0.6 is 11.6 Å². The van der Waals surface area contributed by atoms with Crippen molar-refractivity contribution < 1.29 is 14.7 Å². The van der Waals surface area contributed by atoms with Gasteiger partial charge in [-0.25, -0.2) is 4.68 Å². The number of benzene rings is 3. The monoisotopic (exact) mass is 512 g/mol. The number of rotatable bonds is 7. The fraction of sp³-hybridized carbons (Fsp3) is 0.138. The molecular formula is C29H25ClN4O3. The number of nitrogens with one attached hydrogen (secondary N) is 1. The molecule has 0 unspecified atom stereocenters. The lowest BCUT2D eigenvalue weighted by Gasteiger charge is -2.20. The molecule has 3 aromatic carbocycles. The molecule has 7 nitrogen and oxygen atoms in total. The van der Waals surface area contributed by atoms with Gasteiger partial charge in [-0.2, -0.15) is 5.10 Å². The van der Waals surface area contributed by atoms with Crippen LogP contribution in [-0.2, 0) is 12.8 Å². The van der Waals surface area contributed by atoms with E-state index in [9.17, 15) is 9.59 Å². The molecule has 0 spiro atoms. The van der Waals surface area contributed by atoms with Crippen molar-refractivity contribution in [2.45, 2.75) is 19.3 Å². The number of fused-ring (bicyclic) bond motifs is 3. The molecule has 0 saturated heterocycles. The van der Waals surface area contributed by atoms with E-state index in [0.29, 0.717) is 29.1 Å². The van der Waals surface area contributed by atoms with Crippen molar-refractivity contribution in [3.63, 3.8) is 0 Å². The minimum absolute atomic E-state index is 0.101. The molecule has 37 heavy (non-hydrogen) atoms. The van der Waals surface area contributed by atoms with Crippen LogP contribution < -0.4 is 11.1 Å². The average molecular weight is 513 g/mol. The number of aryl methyl sites for hydroxylation is 1. The maximum absolute atomic E-state index is 12.9. The molecule has 0 atom stereocenters. The minimum atomic E-state index is -0.579. The minimum Gasteiger partial charge on any atom is -0.396 e. The number of amides is 2. The van der Waals surface area contributed by atoms with Crippen molar-refractivity contribution in [2.24, 2.45) is 5.73 Å². The molecule has 0 saturated carbocycles. The highest BCUT2D eigenvalue weighted by Gasteiger charge is 2.28. The number of hydrogen-bond acceptors (Lipinski definition) is 4. The van der Waals surface area contributed by atoms with Crippen molar-refractivity contribution in [3.8, 4) is 16.9 Å². The number of carbonyl (C=O) groups is 2. The zero-order valence-corrected chi connectivity index (χ0v) is 20.7. The Kier molecular flexibility index (Phi) is 6.90. The number of hydrogen-bond donors (Lipinski definition) is 3. The molecule has 4 aromatic rings. The van der Waals surface area contributed by atoms with Gasteiger partial charge in [0.25, 0.3) is 11.8 Å². The van der Waals surface area contributed by atoms with E-state index in [4.69, 9.17) is 22.4 Å². The van der Waals surface area contributed by atoms with Crippen molar-refractivity contribution in [3.05, 3.63) is 106 Å². The number of halogens is 1. The average Bonchev–Trinajstić information content (AvgIpc) is 3.30. The molecule has 4 N–H and O–H groups in total. The van der Waals surface area contributed by atoms with Gasteiger partial charge in [-0.05, 0) is 66.8 Å². The molecule has 1 aromatic heterocycles. The molecule has 1 aliphatic carbocycles. The number of nitrogens with two attached hydrogens (primary N) is 1. The summed E-state index contributed by atoms with van der Waals surface area (Å²) in [5, 5.41) is 16.9. The van der Waals surface area contributed by atoms with Crippen molar-refractivity contribution >= 4 is 35.2 Å². The summed E-state index contributed by atoms with van der Waals surface area (Å²) in [5.41, 5.74) is 12.2. The summed E-state index contributed by atoms with van der Waals surface area (Å²) in [6.45, 7) is 0.101. The van der Waals surface area contributed by atoms with Crippen molar-refractivity contribution in [1.82, 2.24) is 9.78 Å². The molecule has 1 heterocycles. The summed E-state index contributed by atoms with van der Waals surface area (Å²) >= 11 is 6.20. The number of carbonyl (C=O) groups excluding carboxylic acids is 2. The number of aliphatic hydroxyl groups excluding tert-OH is 1. The van der Waals surface area contributed by atoms with Gasteiger partial charge in [0.05, 0.1) is 22.0 Å². The second-order valence-electron chi connectivity index (χ2n) is 8.76. The SMILES string of the molecule is NC(=O)c1nn(-c2ccc(/C=C/CCO)cc2)c2c1CCc1ccc(NC(=O)c3ccccc3Cl)cc1-2. The molecule has 2 amide bonds. The van der Waals surface area contributed by atoms with Gasteiger partial charge in [0.1, 0.15) is 0 Å². The van der Waals surface area contributed by atoms with E-state index in [1.165, 1.54) is 0 Å². The smallest absolute Gasteiger partial charge is 0.269 e. The van der Waals surface area contributed by atoms with Crippen LogP contribution in [0.1, 0.15) is 44.0 Å². The van der Waals surface area contributed by atoms with Crippen LogP contribution in [0.3, 0.4) is 0 Å². The second-order valence-corrected chi connectivity index (χ2v) is 9.17. The third-order valence-corrected chi connectivity index (χ3v) is 6.68. The number of nitrogens with zero attached hydrogens (tertiary/aromatic N) is 2. The molecule has 8 heteroatoms. The molecule has 0 fully saturated rings. The molecular weight excluding hydrogens is 488 g/mol. The first-order valence-corrected chi connectivity index (χ1v) is 12.3. The summed E-state index contributed by atoms with van der Waals surface area (Å²) < 4.78 is 1.74. The van der Waals surface area contributed by atoms with E-state index in [0.717, 1.165) is 40.1 Å². The fourth-order valence-corrected chi connectivity index (χ4v) is 4.79. The predicted octanol–water partition coefficient (Wildman–Crippen LogP) is 5.04. The van der Waals surface area contributed by atoms with Crippen molar-refractivity contribution in [2.75, 3.05) is 11.9 Å². The number of aliphatic hydroxyl groups is 1. The standard InChI is InChI=1S/C29H25ClN4O3/c30-25-7-2-1-6-22(25)29(37)32-20-12-10-19-11-15-23-26(28(31)36)33-34(27(23)24(19)17-20)21-13-8-18(9-14-21)5-3-4-16-35/h1-3,5-10,12-14,17,35H,4,11,15-16H2,(H2,31,36)(H,32,37)/b5-3+. The van der Waals surface area contributed by atoms with E-state index in [-0.39, 0.29) is 18.2 Å². The first-order chi connectivity index (χ1) is 18.0. The lowest BCUT2D eigenvalue weighted by Crippen LogP contribution is -2.15. The Morgan fingerprint density at radius 3 is 2.59 bits per heavy atom. The third-order valence-electron chi connectivity index (χ3n) is 6.35. The van der Waals surface area contributed by atoms with Gasteiger partial charge in [-0.3, -0.25) is 9.59 Å². The Balaban J connectivity index is 1.55. The Labute approximate surface area is 219 Å². The van der Waals surface area contributed by atoms with Crippen LogP contribution in [0.15, 0.2) is 72.8 Å². The summed E-state index contributed by atoms with van der Waals surface area (Å²) in [4.78, 5) is 25.1. The highest BCUT2D eigenvalue weighted by Crippen LogP contribution is 2.38. The van der Waals surface area contributed by atoms with Gasteiger partial charge in [0.2, 0.25) is 0 Å². The first-order valence-electron chi connectivity index (χ1n) is 11.9.